The molecule has 0 radical (unpaired) electrons. The Bertz CT molecular complexity index is 1420. The fraction of sp³-hybridized carbons (Fsp3) is 0.345. The second-order valence-electron chi connectivity index (χ2n) is 10.1. The van der Waals surface area contributed by atoms with Gasteiger partial charge in [0.2, 0.25) is 5.91 Å². The van der Waals surface area contributed by atoms with Crippen molar-refractivity contribution < 1.29 is 4.79 Å². The summed E-state index contributed by atoms with van der Waals surface area (Å²) in [5.74, 6) is 0.112. The second-order valence-corrected chi connectivity index (χ2v) is 10.5. The lowest BCUT2D eigenvalue weighted by Gasteiger charge is -2.42. The topological polar surface area (TPSA) is 57.5 Å². The molecule has 0 unspecified atom stereocenters. The maximum Gasteiger partial charge on any atom is 0.242 e. The Labute approximate surface area is 222 Å². The monoisotopic (exact) mass is 514 g/mol. The normalized spacial score (nSPS) is 18.3. The highest BCUT2D eigenvalue weighted by molar-refractivity contribution is 6.30. The molecule has 37 heavy (non-hydrogen) atoms. The van der Waals surface area contributed by atoms with E-state index in [-0.39, 0.29) is 18.5 Å². The Morgan fingerprint density at radius 1 is 1.03 bits per heavy atom. The predicted molar refractivity (Wildman–Crippen MR) is 147 cm³/mol. The first-order valence-corrected chi connectivity index (χ1v) is 13.3. The number of hydrogen-bond acceptors (Lipinski definition) is 5. The third-order valence-corrected chi connectivity index (χ3v) is 7.87. The largest absolute Gasteiger partial charge is 0.367 e. The van der Waals surface area contributed by atoms with Gasteiger partial charge in [-0.1, -0.05) is 35.9 Å². The van der Waals surface area contributed by atoms with E-state index in [0.29, 0.717) is 6.54 Å². The highest BCUT2D eigenvalue weighted by Gasteiger charge is 2.30. The van der Waals surface area contributed by atoms with Crippen LogP contribution < -0.4 is 4.90 Å². The van der Waals surface area contributed by atoms with Crippen LogP contribution in [0.3, 0.4) is 0 Å². The van der Waals surface area contributed by atoms with Crippen molar-refractivity contribution in [1.29, 1.82) is 0 Å². The van der Waals surface area contributed by atoms with Crippen LogP contribution in [0.1, 0.15) is 23.6 Å². The Balaban J connectivity index is 1.14. The smallest absolute Gasteiger partial charge is 0.242 e. The molecule has 0 aliphatic carbocycles. The molecule has 2 aromatic carbocycles. The molecule has 0 spiro atoms. The van der Waals surface area contributed by atoms with Crippen LogP contribution in [0, 0.1) is 0 Å². The molecule has 1 amide bonds. The SMILES string of the molecule is C[C@@H]1CN(c2cccc3c2CN(Cc2ccc(Cl)cc2)CC3)CCN1C(=O)Cn1cnc2cccnc21. The Kier molecular flexibility index (Phi) is 6.57. The van der Waals surface area contributed by atoms with E-state index in [1.54, 1.807) is 12.5 Å². The highest BCUT2D eigenvalue weighted by atomic mass is 35.5. The van der Waals surface area contributed by atoms with E-state index in [1.165, 1.54) is 22.4 Å². The molecule has 0 bridgehead atoms. The van der Waals surface area contributed by atoms with E-state index >= 15 is 0 Å². The van der Waals surface area contributed by atoms with E-state index in [0.717, 1.165) is 55.3 Å². The van der Waals surface area contributed by atoms with Gasteiger partial charge in [-0.15, -0.1) is 0 Å². The molecule has 0 N–H and O–H groups in total. The number of halogens is 1. The minimum atomic E-state index is 0.112. The summed E-state index contributed by atoms with van der Waals surface area (Å²) in [6, 6.07) is 18.8. The number of carbonyl (C=O) groups excluding carboxylic acids is 1. The van der Waals surface area contributed by atoms with Gasteiger partial charge in [0.25, 0.3) is 0 Å². The van der Waals surface area contributed by atoms with Gasteiger partial charge in [0.15, 0.2) is 5.65 Å². The molecule has 2 aromatic heterocycles. The van der Waals surface area contributed by atoms with Crippen molar-refractivity contribution in [2.24, 2.45) is 0 Å². The van der Waals surface area contributed by atoms with Gasteiger partial charge in [-0.05, 0) is 60.4 Å². The number of piperazine rings is 1. The first kappa shape index (κ1) is 23.9. The summed E-state index contributed by atoms with van der Waals surface area (Å²) in [6.45, 7) is 7.67. The van der Waals surface area contributed by atoms with Gasteiger partial charge in [0, 0.05) is 62.2 Å². The van der Waals surface area contributed by atoms with Gasteiger partial charge < -0.3 is 14.4 Å². The summed E-state index contributed by atoms with van der Waals surface area (Å²) in [4.78, 5) is 29.0. The van der Waals surface area contributed by atoms with Crippen molar-refractivity contribution in [1.82, 2.24) is 24.3 Å². The van der Waals surface area contributed by atoms with Crippen molar-refractivity contribution >= 4 is 34.4 Å². The molecule has 0 saturated carbocycles. The van der Waals surface area contributed by atoms with Crippen LogP contribution in [0.15, 0.2) is 67.1 Å². The van der Waals surface area contributed by atoms with Gasteiger partial charge in [0.05, 0.1) is 6.33 Å². The summed E-state index contributed by atoms with van der Waals surface area (Å²) in [6.07, 6.45) is 4.50. The average molecular weight is 515 g/mol. The zero-order chi connectivity index (χ0) is 25.4. The average Bonchev–Trinajstić information content (AvgIpc) is 3.32. The van der Waals surface area contributed by atoms with Gasteiger partial charge in [-0.3, -0.25) is 9.69 Å². The molecule has 4 aromatic rings. The fourth-order valence-corrected chi connectivity index (χ4v) is 5.82. The molecule has 8 heteroatoms. The molecular formula is C29H31ClN6O. The number of pyridine rings is 1. The lowest BCUT2D eigenvalue weighted by Crippen LogP contribution is -2.55. The molecule has 1 atom stereocenters. The number of rotatable bonds is 5. The number of nitrogens with zero attached hydrogens (tertiary/aromatic N) is 6. The van der Waals surface area contributed by atoms with Gasteiger partial charge in [-0.25, -0.2) is 9.97 Å². The molecule has 7 nitrogen and oxygen atoms in total. The Morgan fingerprint density at radius 3 is 2.73 bits per heavy atom. The minimum absolute atomic E-state index is 0.112. The predicted octanol–water partition coefficient (Wildman–Crippen LogP) is 4.38. The van der Waals surface area contributed by atoms with E-state index in [1.807, 2.05) is 33.7 Å². The Morgan fingerprint density at radius 2 is 1.89 bits per heavy atom. The van der Waals surface area contributed by atoms with Gasteiger partial charge in [-0.2, -0.15) is 0 Å². The van der Waals surface area contributed by atoms with Gasteiger partial charge in [0.1, 0.15) is 12.1 Å². The molecule has 190 valence electrons. The number of benzene rings is 2. The van der Waals surface area contributed by atoms with E-state index in [4.69, 9.17) is 11.6 Å². The van der Waals surface area contributed by atoms with Crippen LogP contribution in [-0.2, 0) is 30.8 Å². The first-order chi connectivity index (χ1) is 18.0. The van der Waals surface area contributed by atoms with E-state index in [2.05, 4.69) is 57.0 Å². The van der Waals surface area contributed by atoms with Crippen molar-refractivity contribution in [3.05, 3.63) is 88.8 Å². The lowest BCUT2D eigenvalue weighted by atomic mass is 9.96. The Hall–Kier alpha value is -3.42. The quantitative estimate of drug-likeness (QED) is 0.395. The van der Waals surface area contributed by atoms with Crippen molar-refractivity contribution in [3.63, 3.8) is 0 Å². The summed E-state index contributed by atoms with van der Waals surface area (Å²) in [5.41, 5.74) is 7.02. The number of aromatic nitrogens is 3. The molecular weight excluding hydrogens is 484 g/mol. The van der Waals surface area contributed by atoms with Crippen molar-refractivity contribution in [3.8, 4) is 0 Å². The second kappa shape index (κ2) is 10.1. The lowest BCUT2D eigenvalue weighted by molar-refractivity contribution is -0.134. The molecule has 1 fully saturated rings. The van der Waals surface area contributed by atoms with Crippen molar-refractivity contribution in [2.75, 3.05) is 31.1 Å². The van der Waals surface area contributed by atoms with Crippen LogP contribution in [0.5, 0.6) is 0 Å². The fourth-order valence-electron chi connectivity index (χ4n) is 5.69. The number of hydrogen-bond donors (Lipinski definition) is 0. The maximum atomic E-state index is 13.2. The van der Waals surface area contributed by atoms with Crippen LogP contribution in [-0.4, -0.2) is 62.5 Å². The third-order valence-electron chi connectivity index (χ3n) is 7.62. The number of anilines is 1. The summed E-state index contributed by atoms with van der Waals surface area (Å²) >= 11 is 6.08. The molecule has 6 rings (SSSR count). The third kappa shape index (κ3) is 4.93. The number of imidazole rings is 1. The van der Waals surface area contributed by atoms with E-state index in [9.17, 15) is 4.79 Å². The minimum Gasteiger partial charge on any atom is -0.367 e. The van der Waals surface area contributed by atoms with Gasteiger partial charge >= 0.3 is 0 Å². The number of carbonyl (C=O) groups is 1. The van der Waals surface area contributed by atoms with E-state index < -0.39 is 0 Å². The standard InChI is InChI=1S/C29H31ClN6O/c1-21-16-34(14-15-36(21)28(37)19-35-20-32-26-5-3-12-31-29(26)35)27-6-2-4-23-11-13-33(18-25(23)27)17-22-7-9-24(30)10-8-22/h2-10,12,20-21H,11,13-19H2,1H3/t21-/m1/s1. The zero-order valence-electron chi connectivity index (χ0n) is 21.1. The highest BCUT2D eigenvalue weighted by Crippen LogP contribution is 2.31. The van der Waals surface area contributed by atoms with Crippen molar-refractivity contribution in [2.45, 2.75) is 39.0 Å². The zero-order valence-corrected chi connectivity index (χ0v) is 21.8. The van der Waals surface area contributed by atoms with Crippen LogP contribution in [0.25, 0.3) is 11.2 Å². The van der Waals surface area contributed by atoms with Crippen LogP contribution >= 0.6 is 11.6 Å². The van der Waals surface area contributed by atoms with Crippen LogP contribution in [0.2, 0.25) is 5.02 Å². The summed E-state index contributed by atoms with van der Waals surface area (Å²) < 4.78 is 1.85. The summed E-state index contributed by atoms with van der Waals surface area (Å²) in [5, 5.41) is 0.775. The molecule has 4 heterocycles. The first-order valence-electron chi connectivity index (χ1n) is 12.9. The van der Waals surface area contributed by atoms with Crippen LogP contribution in [0.4, 0.5) is 5.69 Å². The number of fused-ring (bicyclic) bond motifs is 2. The number of amides is 1. The molecule has 1 saturated heterocycles. The summed E-state index contributed by atoms with van der Waals surface area (Å²) in [7, 11) is 0. The maximum absolute atomic E-state index is 13.2. The molecule has 2 aliphatic heterocycles. The molecule has 2 aliphatic rings.